The molecule has 3 rings (SSSR count). The van der Waals surface area contributed by atoms with Gasteiger partial charge in [-0.25, -0.2) is 4.39 Å². The molecule has 1 amide bonds. The third-order valence-electron chi connectivity index (χ3n) is 5.12. The first-order valence-corrected chi connectivity index (χ1v) is 9.38. The molecule has 0 bridgehead atoms. The van der Waals surface area contributed by atoms with Crippen molar-refractivity contribution in [2.75, 3.05) is 38.0 Å². The number of carbonyl (C=O) groups excluding carboxylic acids is 1. The topological polar surface area (TPSA) is 38.0 Å². The van der Waals surface area contributed by atoms with Gasteiger partial charge in [-0.1, -0.05) is 29.8 Å². The van der Waals surface area contributed by atoms with Gasteiger partial charge in [-0.05, 0) is 37.3 Å². The maximum atomic E-state index is 12.9. The maximum absolute atomic E-state index is 12.9. The van der Waals surface area contributed by atoms with E-state index >= 15 is 0 Å². The zero-order valence-electron chi connectivity index (χ0n) is 14.9. The molecule has 0 aliphatic carbocycles. The molecule has 1 heterocycles. The number of carbonyl (C=O) groups is 1. The van der Waals surface area contributed by atoms with Crippen molar-refractivity contribution in [2.24, 2.45) is 0 Å². The summed E-state index contributed by atoms with van der Waals surface area (Å²) < 4.78 is 12.9. The van der Waals surface area contributed by atoms with Gasteiger partial charge in [-0.15, -0.1) is 0 Å². The fourth-order valence-corrected chi connectivity index (χ4v) is 3.85. The predicted molar refractivity (Wildman–Crippen MR) is 101 cm³/mol. The fraction of sp³-hybridized carbons (Fsp3) is 0.350. The molecule has 1 saturated heterocycles. The van der Waals surface area contributed by atoms with Crippen molar-refractivity contribution in [3.8, 4) is 0 Å². The van der Waals surface area contributed by atoms with Gasteiger partial charge in [0.05, 0.1) is 0 Å². The van der Waals surface area contributed by atoms with Crippen LogP contribution in [0.2, 0.25) is 5.02 Å². The normalized spacial score (nSPS) is 21.2. The van der Waals surface area contributed by atoms with Crippen LogP contribution in [0, 0.1) is 5.82 Å². The zero-order chi connectivity index (χ0) is 18.5. The van der Waals surface area contributed by atoms with E-state index in [4.69, 9.17) is 11.6 Å². The zero-order valence-corrected chi connectivity index (χ0v) is 15.7. The fourth-order valence-electron chi connectivity index (χ4n) is 3.55. The molecule has 0 saturated carbocycles. The summed E-state index contributed by atoms with van der Waals surface area (Å²) in [6.07, 6.45) is 0. The Morgan fingerprint density at radius 3 is 2.42 bits per heavy atom. The van der Waals surface area contributed by atoms with E-state index in [0.717, 1.165) is 31.2 Å². The highest BCUT2D eigenvalue weighted by atomic mass is 35.5. The number of quaternary nitrogens is 2. The minimum absolute atomic E-state index is 0.0331. The number of benzene rings is 2. The highest BCUT2D eigenvalue weighted by molar-refractivity contribution is 6.31. The molecule has 6 heteroatoms. The summed E-state index contributed by atoms with van der Waals surface area (Å²) in [5.74, 6) is -0.338. The van der Waals surface area contributed by atoms with Crippen LogP contribution in [0.15, 0.2) is 48.5 Å². The lowest BCUT2D eigenvalue weighted by atomic mass is 10.1. The van der Waals surface area contributed by atoms with E-state index in [1.807, 2.05) is 18.2 Å². The molecule has 1 fully saturated rings. The van der Waals surface area contributed by atoms with Crippen LogP contribution in [-0.4, -0.2) is 38.6 Å². The number of halogens is 2. The average Bonchev–Trinajstić information content (AvgIpc) is 2.64. The van der Waals surface area contributed by atoms with E-state index in [-0.39, 0.29) is 11.7 Å². The summed E-state index contributed by atoms with van der Waals surface area (Å²) in [4.78, 5) is 15.0. The lowest BCUT2D eigenvalue weighted by Crippen LogP contribution is -3.28. The summed E-state index contributed by atoms with van der Waals surface area (Å²) >= 11 is 6.33. The van der Waals surface area contributed by atoms with Crippen molar-refractivity contribution < 1.29 is 19.0 Å². The van der Waals surface area contributed by atoms with Gasteiger partial charge in [0.2, 0.25) is 0 Å². The van der Waals surface area contributed by atoms with Crippen LogP contribution >= 0.6 is 11.6 Å². The molecule has 0 spiro atoms. The largest absolute Gasteiger partial charge is 0.321 e. The Morgan fingerprint density at radius 2 is 1.77 bits per heavy atom. The number of rotatable bonds is 5. The van der Waals surface area contributed by atoms with Gasteiger partial charge in [0, 0.05) is 16.3 Å². The standard InChI is InChI=1S/C20H23ClFN3O/c1-15(18-4-2-3-5-19(18)21)25-12-10-24(11-13-25)14-20(26)23-17-8-6-16(22)7-9-17/h2-9,15H,10-14H2,1H3,(H,23,26)/p+2/t15-/m0/s1. The summed E-state index contributed by atoms with van der Waals surface area (Å²) in [6.45, 7) is 6.55. The predicted octanol–water partition coefficient (Wildman–Crippen LogP) is 0.962. The molecule has 1 aliphatic rings. The summed E-state index contributed by atoms with van der Waals surface area (Å²) in [7, 11) is 0. The first-order chi connectivity index (χ1) is 12.5. The van der Waals surface area contributed by atoms with E-state index in [9.17, 15) is 9.18 Å². The Balaban J connectivity index is 1.48. The van der Waals surface area contributed by atoms with Crippen molar-refractivity contribution >= 4 is 23.2 Å². The molecule has 4 nitrogen and oxygen atoms in total. The van der Waals surface area contributed by atoms with E-state index in [1.165, 1.54) is 27.5 Å². The summed E-state index contributed by atoms with van der Waals surface area (Å²) in [5.41, 5.74) is 1.81. The number of hydrogen-bond acceptors (Lipinski definition) is 1. The quantitative estimate of drug-likeness (QED) is 0.713. The molecule has 2 aromatic carbocycles. The lowest BCUT2D eigenvalue weighted by molar-refractivity contribution is -1.02. The second kappa shape index (κ2) is 8.62. The Hall–Kier alpha value is -1.95. The third kappa shape index (κ3) is 4.81. The first kappa shape index (κ1) is 18.8. The van der Waals surface area contributed by atoms with Crippen molar-refractivity contribution in [3.63, 3.8) is 0 Å². The van der Waals surface area contributed by atoms with Crippen LogP contribution < -0.4 is 15.1 Å². The summed E-state index contributed by atoms with van der Waals surface area (Å²) in [5, 5.41) is 3.65. The van der Waals surface area contributed by atoms with Gasteiger partial charge >= 0.3 is 0 Å². The lowest BCUT2D eigenvalue weighted by Gasteiger charge is -2.33. The molecular formula is C20H25ClFN3O+2. The maximum Gasteiger partial charge on any atom is 0.279 e. The van der Waals surface area contributed by atoms with E-state index < -0.39 is 0 Å². The molecule has 0 radical (unpaired) electrons. The molecule has 3 N–H and O–H groups in total. The number of amides is 1. The van der Waals surface area contributed by atoms with Crippen molar-refractivity contribution in [1.82, 2.24) is 0 Å². The number of nitrogens with one attached hydrogen (secondary N) is 3. The molecule has 26 heavy (non-hydrogen) atoms. The number of piperazine rings is 1. The van der Waals surface area contributed by atoms with Crippen LogP contribution in [0.25, 0.3) is 0 Å². The van der Waals surface area contributed by atoms with Gasteiger partial charge < -0.3 is 15.1 Å². The molecule has 0 aromatic heterocycles. The second-order valence-corrected chi connectivity index (χ2v) is 7.29. The Labute approximate surface area is 158 Å². The van der Waals surface area contributed by atoms with Crippen LogP contribution in [-0.2, 0) is 4.79 Å². The smallest absolute Gasteiger partial charge is 0.279 e. The van der Waals surface area contributed by atoms with Gasteiger partial charge in [0.15, 0.2) is 6.54 Å². The Morgan fingerprint density at radius 1 is 1.12 bits per heavy atom. The molecule has 1 atom stereocenters. The molecule has 138 valence electrons. The minimum Gasteiger partial charge on any atom is -0.321 e. The van der Waals surface area contributed by atoms with Gasteiger partial charge in [0.25, 0.3) is 5.91 Å². The van der Waals surface area contributed by atoms with Crippen LogP contribution in [0.1, 0.15) is 18.5 Å². The van der Waals surface area contributed by atoms with Crippen LogP contribution in [0.4, 0.5) is 10.1 Å². The molecule has 1 aliphatic heterocycles. The second-order valence-electron chi connectivity index (χ2n) is 6.88. The summed E-state index contributed by atoms with van der Waals surface area (Å²) in [6, 6.07) is 14.2. The Bertz CT molecular complexity index is 745. The number of hydrogen-bond donors (Lipinski definition) is 3. The highest BCUT2D eigenvalue weighted by Crippen LogP contribution is 2.20. The molecule has 2 aromatic rings. The van der Waals surface area contributed by atoms with Crippen molar-refractivity contribution in [2.45, 2.75) is 13.0 Å². The van der Waals surface area contributed by atoms with Gasteiger partial charge in [-0.3, -0.25) is 4.79 Å². The van der Waals surface area contributed by atoms with E-state index in [2.05, 4.69) is 18.3 Å². The van der Waals surface area contributed by atoms with E-state index in [0.29, 0.717) is 18.3 Å². The minimum atomic E-state index is -0.305. The first-order valence-electron chi connectivity index (χ1n) is 9.01. The molecule has 0 unspecified atom stereocenters. The third-order valence-corrected chi connectivity index (χ3v) is 5.47. The molecular weight excluding hydrogens is 353 g/mol. The Kier molecular flexibility index (Phi) is 6.25. The van der Waals surface area contributed by atoms with Gasteiger partial charge in [-0.2, -0.15) is 0 Å². The monoisotopic (exact) mass is 377 g/mol. The van der Waals surface area contributed by atoms with Crippen LogP contribution in [0.3, 0.4) is 0 Å². The average molecular weight is 378 g/mol. The SMILES string of the molecule is C[C@@H](c1ccccc1Cl)[NH+]1CC[NH+](CC(=O)Nc2ccc(F)cc2)CC1. The van der Waals surface area contributed by atoms with Crippen molar-refractivity contribution in [1.29, 1.82) is 0 Å². The van der Waals surface area contributed by atoms with E-state index in [1.54, 1.807) is 12.1 Å². The van der Waals surface area contributed by atoms with Gasteiger partial charge in [0.1, 0.15) is 38.0 Å². The van der Waals surface area contributed by atoms with Crippen molar-refractivity contribution in [3.05, 3.63) is 64.9 Å². The number of anilines is 1. The van der Waals surface area contributed by atoms with Crippen LogP contribution in [0.5, 0.6) is 0 Å². The highest BCUT2D eigenvalue weighted by Gasteiger charge is 2.29.